The number of fused-ring (bicyclic) bond motifs is 2. The normalized spacial score (nSPS) is 11.2. The zero-order chi connectivity index (χ0) is 23.1. The van der Waals surface area contributed by atoms with Crippen molar-refractivity contribution in [2.24, 2.45) is 0 Å². The fourth-order valence-corrected chi connectivity index (χ4v) is 3.68. The molecule has 3 N–H and O–H groups in total. The maximum Gasteiger partial charge on any atom is 0.413 e. The molecule has 0 aliphatic rings. The zero-order valence-electron chi connectivity index (χ0n) is 17.3. The fourth-order valence-electron chi connectivity index (χ4n) is 3.68. The topological polar surface area (TPSA) is 128 Å². The van der Waals surface area contributed by atoms with Crippen LogP contribution in [-0.2, 0) is 6.42 Å². The quantitative estimate of drug-likeness (QED) is 0.388. The predicted molar refractivity (Wildman–Crippen MR) is 121 cm³/mol. The Labute approximate surface area is 185 Å². The zero-order valence-corrected chi connectivity index (χ0v) is 17.3. The van der Waals surface area contributed by atoms with E-state index in [0.29, 0.717) is 39.8 Å². The number of amides is 1. The molecule has 164 valence electrons. The van der Waals surface area contributed by atoms with Crippen LogP contribution in [0.1, 0.15) is 11.3 Å². The number of imidazole rings is 1. The van der Waals surface area contributed by atoms with E-state index in [0.717, 1.165) is 15.8 Å². The van der Waals surface area contributed by atoms with Crippen molar-refractivity contribution in [3.05, 3.63) is 82.2 Å². The average Bonchev–Trinajstić information content (AvgIpc) is 3.25. The van der Waals surface area contributed by atoms with E-state index < -0.39 is 11.9 Å². The van der Waals surface area contributed by atoms with E-state index in [1.54, 1.807) is 30.3 Å². The van der Waals surface area contributed by atoms with Crippen molar-refractivity contribution in [1.82, 2.24) is 25.1 Å². The molecule has 0 saturated heterocycles. The number of carbonyl (C=O) groups is 1. The van der Waals surface area contributed by atoms with Gasteiger partial charge in [-0.15, -0.1) is 0 Å². The molecule has 3 heterocycles. The van der Waals surface area contributed by atoms with Gasteiger partial charge in [0.15, 0.2) is 5.65 Å². The van der Waals surface area contributed by atoms with Crippen LogP contribution in [-0.4, -0.2) is 43.4 Å². The molecule has 0 unspecified atom stereocenters. The molecular formula is C23H17FN6O3. The van der Waals surface area contributed by atoms with E-state index in [9.17, 15) is 14.0 Å². The molecule has 0 aliphatic heterocycles. The van der Waals surface area contributed by atoms with Gasteiger partial charge >= 0.3 is 6.09 Å². The molecule has 5 aromatic rings. The molecule has 5 rings (SSSR count). The molecular weight excluding hydrogens is 427 g/mol. The van der Waals surface area contributed by atoms with Crippen molar-refractivity contribution in [3.63, 3.8) is 0 Å². The Hall–Kier alpha value is -4.60. The maximum absolute atomic E-state index is 14.7. The Bertz CT molecular complexity index is 1590. The van der Waals surface area contributed by atoms with E-state index in [4.69, 9.17) is 5.11 Å². The van der Waals surface area contributed by atoms with Crippen LogP contribution in [0.15, 0.2) is 59.5 Å². The third-order valence-electron chi connectivity index (χ3n) is 5.42. The van der Waals surface area contributed by atoms with Crippen molar-refractivity contribution in [2.45, 2.75) is 6.42 Å². The summed E-state index contributed by atoms with van der Waals surface area (Å²) in [5.41, 5.74) is 2.83. The monoisotopic (exact) mass is 444 g/mol. The largest absolute Gasteiger partial charge is 0.465 e. The van der Waals surface area contributed by atoms with E-state index in [-0.39, 0.29) is 11.5 Å². The van der Waals surface area contributed by atoms with Gasteiger partial charge in [-0.25, -0.2) is 24.3 Å². The second-order valence-corrected chi connectivity index (χ2v) is 7.53. The van der Waals surface area contributed by atoms with Crippen molar-refractivity contribution < 1.29 is 14.3 Å². The van der Waals surface area contributed by atoms with Crippen LogP contribution >= 0.6 is 0 Å². The minimum atomic E-state index is -1.17. The lowest BCUT2D eigenvalue weighted by molar-refractivity contribution is 0.203. The lowest BCUT2D eigenvalue weighted by Gasteiger charge is -2.08. The van der Waals surface area contributed by atoms with Crippen LogP contribution in [0.3, 0.4) is 0 Å². The lowest BCUT2D eigenvalue weighted by Crippen LogP contribution is -2.24. The second kappa shape index (κ2) is 7.83. The third-order valence-corrected chi connectivity index (χ3v) is 5.42. The summed E-state index contributed by atoms with van der Waals surface area (Å²) in [7, 11) is 1.36. The molecule has 2 aromatic carbocycles. The number of aromatic amines is 2. The molecule has 0 bridgehead atoms. The molecule has 0 atom stereocenters. The van der Waals surface area contributed by atoms with Crippen LogP contribution in [0.25, 0.3) is 33.1 Å². The Morgan fingerprint density at radius 2 is 1.94 bits per heavy atom. The Morgan fingerprint density at radius 1 is 1.15 bits per heavy atom. The van der Waals surface area contributed by atoms with Gasteiger partial charge in [0.2, 0.25) is 5.95 Å². The van der Waals surface area contributed by atoms with Crippen LogP contribution in [0.2, 0.25) is 0 Å². The van der Waals surface area contributed by atoms with Gasteiger partial charge in [0.25, 0.3) is 5.56 Å². The molecule has 0 aliphatic carbocycles. The van der Waals surface area contributed by atoms with Gasteiger partial charge in [-0.2, -0.15) is 5.10 Å². The number of nitrogens with zero attached hydrogens (tertiary/aromatic N) is 4. The first-order valence-electron chi connectivity index (χ1n) is 9.98. The fraction of sp³-hybridized carbons (Fsp3) is 0.0870. The summed E-state index contributed by atoms with van der Waals surface area (Å²) in [6.07, 6.45) is 0.716. The van der Waals surface area contributed by atoms with Crippen LogP contribution in [0.5, 0.6) is 0 Å². The minimum absolute atomic E-state index is 0.118. The maximum atomic E-state index is 14.7. The average molecular weight is 444 g/mol. The Morgan fingerprint density at radius 3 is 2.73 bits per heavy atom. The van der Waals surface area contributed by atoms with Gasteiger partial charge in [0, 0.05) is 36.2 Å². The standard InChI is InChI=1S/C23H17FN6O3/c1-30(23(32)33)22-26-19-10-13(11-25-20(19)27-22)16-8-12(6-7-17(16)24)9-18-14-4-2-3-5-15(14)21(31)29-28-18/h2-8,10-11H,9H2,1H3,(H,29,31)(H,32,33)(H,25,26,27). The Kier molecular flexibility index (Phi) is 4.82. The number of nitrogens with one attached hydrogen (secondary N) is 2. The highest BCUT2D eigenvalue weighted by molar-refractivity contribution is 5.87. The highest BCUT2D eigenvalue weighted by Gasteiger charge is 2.16. The van der Waals surface area contributed by atoms with Crippen LogP contribution in [0.4, 0.5) is 15.1 Å². The molecule has 1 amide bonds. The SMILES string of the molecule is CN(C(=O)O)c1nc2cc(-c3cc(Cc4n[nH]c(=O)c5ccccc45)ccc3F)cnc2[nH]1. The first kappa shape index (κ1) is 20.3. The number of halogens is 1. The van der Waals surface area contributed by atoms with Gasteiger partial charge in [-0.1, -0.05) is 24.3 Å². The number of carboxylic acid groups (broad SMARTS) is 1. The van der Waals surface area contributed by atoms with Crippen LogP contribution < -0.4 is 10.5 Å². The van der Waals surface area contributed by atoms with Crippen molar-refractivity contribution in [3.8, 4) is 11.1 Å². The first-order valence-corrected chi connectivity index (χ1v) is 9.98. The third kappa shape index (κ3) is 3.67. The minimum Gasteiger partial charge on any atom is -0.465 e. The van der Waals surface area contributed by atoms with Gasteiger partial charge in [0.05, 0.1) is 11.1 Å². The van der Waals surface area contributed by atoms with E-state index >= 15 is 0 Å². The molecule has 0 radical (unpaired) electrons. The molecule has 0 fully saturated rings. The molecule has 33 heavy (non-hydrogen) atoms. The smallest absolute Gasteiger partial charge is 0.413 e. The molecule has 0 saturated carbocycles. The van der Waals surface area contributed by atoms with E-state index in [2.05, 4.69) is 25.1 Å². The first-order chi connectivity index (χ1) is 15.9. The Balaban J connectivity index is 1.53. The van der Waals surface area contributed by atoms with Crippen LogP contribution in [0, 0.1) is 5.82 Å². The molecule has 0 spiro atoms. The number of hydrogen-bond donors (Lipinski definition) is 3. The summed E-state index contributed by atoms with van der Waals surface area (Å²) in [5, 5.41) is 17.1. The summed E-state index contributed by atoms with van der Waals surface area (Å²) in [5.74, 6) is -0.315. The van der Waals surface area contributed by atoms with E-state index in [1.807, 2.05) is 12.1 Å². The molecule has 9 nitrogen and oxygen atoms in total. The summed E-state index contributed by atoms with van der Waals surface area (Å²) in [4.78, 5) is 35.5. The second-order valence-electron chi connectivity index (χ2n) is 7.53. The molecule has 3 aromatic heterocycles. The summed E-state index contributed by atoms with van der Waals surface area (Å²) in [6.45, 7) is 0. The van der Waals surface area contributed by atoms with Crippen molar-refractivity contribution >= 4 is 34.0 Å². The number of aromatic nitrogens is 5. The number of anilines is 1. The number of pyridine rings is 1. The highest BCUT2D eigenvalue weighted by Crippen LogP contribution is 2.28. The van der Waals surface area contributed by atoms with Gasteiger partial charge < -0.3 is 10.1 Å². The number of rotatable bonds is 4. The van der Waals surface area contributed by atoms with Gasteiger partial charge in [-0.3, -0.25) is 9.69 Å². The molecule has 10 heteroatoms. The number of benzene rings is 2. The summed E-state index contributed by atoms with van der Waals surface area (Å²) < 4.78 is 14.7. The lowest BCUT2D eigenvalue weighted by atomic mass is 9.99. The van der Waals surface area contributed by atoms with Gasteiger partial charge in [0.1, 0.15) is 11.3 Å². The summed E-state index contributed by atoms with van der Waals surface area (Å²) in [6, 6.07) is 13.6. The van der Waals surface area contributed by atoms with Crippen molar-refractivity contribution in [2.75, 3.05) is 11.9 Å². The number of hydrogen-bond acceptors (Lipinski definition) is 5. The van der Waals surface area contributed by atoms with Gasteiger partial charge in [-0.05, 0) is 29.8 Å². The number of H-pyrrole nitrogens is 2. The van der Waals surface area contributed by atoms with E-state index in [1.165, 1.54) is 19.3 Å². The summed E-state index contributed by atoms with van der Waals surface area (Å²) >= 11 is 0. The predicted octanol–water partition coefficient (Wildman–Crippen LogP) is 3.71. The van der Waals surface area contributed by atoms with Crippen molar-refractivity contribution in [1.29, 1.82) is 0 Å². The highest BCUT2D eigenvalue weighted by atomic mass is 19.1.